The van der Waals surface area contributed by atoms with Crippen LogP contribution >= 0.6 is 0 Å². The number of β-amino-alcohol motifs (C(OH)–C–C–N with tert-alkyl or cyclic N) is 1. The molecule has 0 amide bonds. The molecular formula is C11H16N2O3S. The quantitative estimate of drug-likeness (QED) is 0.747. The third kappa shape index (κ3) is 2.15. The lowest BCUT2D eigenvalue weighted by Crippen LogP contribution is -2.30. The molecule has 94 valence electrons. The van der Waals surface area contributed by atoms with E-state index < -0.39 is 16.1 Å². The van der Waals surface area contributed by atoms with E-state index in [9.17, 15) is 13.5 Å². The zero-order chi connectivity index (χ0) is 12.6. The van der Waals surface area contributed by atoms with Crippen molar-refractivity contribution < 1.29 is 13.5 Å². The van der Waals surface area contributed by atoms with Gasteiger partial charge in [-0.15, -0.1) is 0 Å². The summed E-state index contributed by atoms with van der Waals surface area (Å²) in [4.78, 5) is 0.228. The van der Waals surface area contributed by atoms with Gasteiger partial charge in [-0.2, -0.15) is 4.31 Å². The minimum atomic E-state index is -3.53. The normalized spacial score (nSPS) is 21.9. The molecule has 1 atom stereocenters. The molecule has 1 fully saturated rings. The third-order valence-electron chi connectivity index (χ3n) is 3.07. The van der Waals surface area contributed by atoms with E-state index in [1.54, 1.807) is 25.1 Å². The van der Waals surface area contributed by atoms with E-state index in [-0.39, 0.29) is 11.4 Å². The lowest BCUT2D eigenvalue weighted by Gasteiger charge is -2.17. The van der Waals surface area contributed by atoms with Crippen molar-refractivity contribution in [2.75, 3.05) is 18.8 Å². The maximum atomic E-state index is 12.3. The van der Waals surface area contributed by atoms with Crippen LogP contribution < -0.4 is 5.73 Å². The standard InChI is InChI=1S/C11H16N2O3S/c1-8-10(12)3-2-4-11(8)17(15,16)13-6-5-9(14)7-13/h2-4,9,14H,5-7,12H2,1H3/t9-/m0/s1. The van der Waals surface area contributed by atoms with Crippen LogP contribution in [0.1, 0.15) is 12.0 Å². The summed E-state index contributed by atoms with van der Waals surface area (Å²) in [6.07, 6.45) is -0.0771. The van der Waals surface area contributed by atoms with Crippen molar-refractivity contribution in [2.45, 2.75) is 24.3 Å². The molecule has 0 radical (unpaired) electrons. The smallest absolute Gasteiger partial charge is 0.243 e. The van der Waals surface area contributed by atoms with Crippen molar-refractivity contribution in [3.8, 4) is 0 Å². The number of benzene rings is 1. The summed E-state index contributed by atoms with van der Waals surface area (Å²) >= 11 is 0. The Kier molecular flexibility index (Phi) is 3.11. The predicted molar refractivity (Wildman–Crippen MR) is 65.0 cm³/mol. The first kappa shape index (κ1) is 12.3. The van der Waals surface area contributed by atoms with E-state index >= 15 is 0 Å². The van der Waals surface area contributed by atoms with Crippen LogP contribution in [0.3, 0.4) is 0 Å². The molecule has 0 aliphatic carbocycles. The molecule has 0 unspecified atom stereocenters. The first-order valence-corrected chi connectivity index (χ1v) is 6.90. The Morgan fingerprint density at radius 2 is 2.18 bits per heavy atom. The molecule has 0 spiro atoms. The van der Waals surface area contributed by atoms with Gasteiger partial charge in [0.1, 0.15) is 0 Å². The van der Waals surface area contributed by atoms with E-state index in [2.05, 4.69) is 0 Å². The number of aliphatic hydroxyl groups is 1. The first-order valence-electron chi connectivity index (χ1n) is 5.46. The number of hydrogen-bond acceptors (Lipinski definition) is 4. The van der Waals surface area contributed by atoms with Gasteiger partial charge < -0.3 is 10.8 Å². The van der Waals surface area contributed by atoms with Gasteiger partial charge in [0.2, 0.25) is 10.0 Å². The Morgan fingerprint density at radius 1 is 1.47 bits per heavy atom. The number of sulfonamides is 1. The van der Waals surface area contributed by atoms with Gasteiger partial charge in [0.15, 0.2) is 0 Å². The van der Waals surface area contributed by atoms with Gasteiger partial charge in [0.25, 0.3) is 0 Å². The molecular weight excluding hydrogens is 240 g/mol. The van der Waals surface area contributed by atoms with Crippen LogP contribution in [-0.4, -0.2) is 37.0 Å². The number of anilines is 1. The van der Waals surface area contributed by atoms with Crippen molar-refractivity contribution in [3.05, 3.63) is 23.8 Å². The van der Waals surface area contributed by atoms with Crippen LogP contribution in [0.2, 0.25) is 0 Å². The van der Waals surface area contributed by atoms with Crippen LogP contribution in [0.4, 0.5) is 5.69 Å². The van der Waals surface area contributed by atoms with Gasteiger partial charge >= 0.3 is 0 Å². The van der Waals surface area contributed by atoms with Crippen LogP contribution in [-0.2, 0) is 10.0 Å². The Labute approximate surface area is 101 Å². The molecule has 3 N–H and O–H groups in total. The van der Waals surface area contributed by atoms with E-state index in [1.165, 1.54) is 4.31 Å². The van der Waals surface area contributed by atoms with E-state index in [0.717, 1.165) is 0 Å². The fraction of sp³-hybridized carbons (Fsp3) is 0.455. The maximum Gasteiger partial charge on any atom is 0.243 e. The van der Waals surface area contributed by atoms with Crippen LogP contribution in [0.5, 0.6) is 0 Å². The topological polar surface area (TPSA) is 83.6 Å². The second-order valence-corrected chi connectivity index (χ2v) is 6.18. The molecule has 5 nitrogen and oxygen atoms in total. The van der Waals surface area contributed by atoms with Gasteiger partial charge in [0, 0.05) is 18.8 Å². The molecule has 2 rings (SSSR count). The average molecular weight is 256 g/mol. The Hall–Kier alpha value is -1.11. The second-order valence-electron chi connectivity index (χ2n) is 4.28. The molecule has 0 saturated carbocycles. The monoisotopic (exact) mass is 256 g/mol. The molecule has 1 saturated heterocycles. The zero-order valence-corrected chi connectivity index (χ0v) is 10.4. The minimum Gasteiger partial charge on any atom is -0.398 e. The summed E-state index contributed by atoms with van der Waals surface area (Å²) < 4.78 is 25.9. The number of nitrogens with two attached hydrogens (primary N) is 1. The summed E-state index contributed by atoms with van der Waals surface area (Å²) in [7, 11) is -3.53. The second kappa shape index (κ2) is 4.29. The lowest BCUT2D eigenvalue weighted by atomic mass is 10.2. The van der Waals surface area contributed by atoms with Gasteiger partial charge in [-0.25, -0.2) is 8.42 Å². The number of nitrogens with zero attached hydrogens (tertiary/aromatic N) is 1. The Bertz CT molecular complexity index is 528. The van der Waals surface area contributed by atoms with E-state index in [4.69, 9.17) is 5.73 Å². The highest BCUT2D eigenvalue weighted by atomic mass is 32.2. The summed E-state index contributed by atoms with van der Waals surface area (Å²) in [5.74, 6) is 0. The van der Waals surface area contributed by atoms with Gasteiger partial charge in [0.05, 0.1) is 11.0 Å². The van der Waals surface area contributed by atoms with Crippen molar-refractivity contribution >= 4 is 15.7 Å². The Morgan fingerprint density at radius 3 is 2.76 bits per heavy atom. The van der Waals surface area contributed by atoms with Crippen LogP contribution in [0, 0.1) is 6.92 Å². The fourth-order valence-electron chi connectivity index (χ4n) is 1.98. The molecule has 1 aliphatic heterocycles. The highest BCUT2D eigenvalue weighted by molar-refractivity contribution is 7.89. The fourth-order valence-corrected chi connectivity index (χ4v) is 3.73. The molecule has 17 heavy (non-hydrogen) atoms. The minimum absolute atomic E-state index is 0.163. The van der Waals surface area contributed by atoms with E-state index in [1.807, 2.05) is 0 Å². The molecule has 0 bridgehead atoms. The van der Waals surface area contributed by atoms with Crippen molar-refractivity contribution in [2.24, 2.45) is 0 Å². The van der Waals surface area contributed by atoms with Gasteiger partial charge in [-0.05, 0) is 31.0 Å². The molecule has 1 aromatic carbocycles. The van der Waals surface area contributed by atoms with Gasteiger partial charge in [-0.1, -0.05) is 6.07 Å². The molecule has 1 aliphatic rings. The van der Waals surface area contributed by atoms with Crippen LogP contribution in [0.25, 0.3) is 0 Å². The highest BCUT2D eigenvalue weighted by Crippen LogP contribution is 2.26. The molecule has 1 aromatic rings. The third-order valence-corrected chi connectivity index (χ3v) is 5.08. The average Bonchev–Trinajstić information content (AvgIpc) is 2.69. The van der Waals surface area contributed by atoms with Crippen molar-refractivity contribution in [3.63, 3.8) is 0 Å². The number of rotatable bonds is 2. The first-order chi connectivity index (χ1) is 7.93. The summed E-state index contributed by atoms with van der Waals surface area (Å²) in [6, 6.07) is 4.85. The van der Waals surface area contributed by atoms with Crippen molar-refractivity contribution in [1.82, 2.24) is 4.31 Å². The van der Waals surface area contributed by atoms with Crippen molar-refractivity contribution in [1.29, 1.82) is 0 Å². The zero-order valence-electron chi connectivity index (χ0n) is 9.63. The molecule has 0 aromatic heterocycles. The summed E-state index contributed by atoms with van der Waals surface area (Å²) in [5.41, 5.74) is 6.74. The maximum absolute atomic E-state index is 12.3. The number of hydrogen-bond donors (Lipinski definition) is 2. The van der Waals surface area contributed by atoms with Gasteiger partial charge in [-0.3, -0.25) is 0 Å². The van der Waals surface area contributed by atoms with Crippen LogP contribution in [0.15, 0.2) is 23.1 Å². The number of aliphatic hydroxyl groups excluding tert-OH is 1. The highest BCUT2D eigenvalue weighted by Gasteiger charge is 2.32. The SMILES string of the molecule is Cc1c(N)cccc1S(=O)(=O)N1CC[C@H](O)C1. The summed E-state index contributed by atoms with van der Waals surface area (Å²) in [6.45, 7) is 2.21. The summed E-state index contributed by atoms with van der Waals surface area (Å²) in [5, 5.41) is 9.40. The molecule has 6 heteroatoms. The number of nitrogen functional groups attached to an aromatic ring is 1. The molecule has 1 heterocycles. The Balaban J connectivity index is 2.42. The lowest BCUT2D eigenvalue weighted by molar-refractivity contribution is 0.189. The largest absolute Gasteiger partial charge is 0.398 e. The van der Waals surface area contributed by atoms with E-state index in [0.29, 0.717) is 24.2 Å². The predicted octanol–water partition coefficient (Wildman–Crippen LogP) is 0.333.